The van der Waals surface area contributed by atoms with E-state index in [0.717, 1.165) is 36.8 Å². The lowest BCUT2D eigenvalue weighted by atomic mass is 10.0. The van der Waals surface area contributed by atoms with Crippen molar-refractivity contribution in [2.24, 2.45) is 5.92 Å². The average molecular weight is 460 g/mol. The van der Waals surface area contributed by atoms with E-state index in [4.69, 9.17) is 4.74 Å². The number of alkyl carbamates (subject to hydrolysis) is 1. The van der Waals surface area contributed by atoms with Crippen molar-refractivity contribution in [1.82, 2.24) is 15.5 Å². The fourth-order valence-electron chi connectivity index (χ4n) is 3.81. The molecular weight excluding hydrogens is 418 g/mol. The number of carbonyl (C=O) groups excluding carboxylic acids is 3. The van der Waals surface area contributed by atoms with Crippen LogP contribution in [0.15, 0.2) is 24.3 Å². The number of ether oxygens (including phenoxy) is 1. The molecule has 33 heavy (non-hydrogen) atoms. The lowest BCUT2D eigenvalue weighted by Crippen LogP contribution is -2.53. The predicted octanol–water partition coefficient (Wildman–Crippen LogP) is 4.49. The number of benzene rings is 1. The van der Waals surface area contributed by atoms with Crippen molar-refractivity contribution in [1.29, 1.82) is 0 Å². The van der Waals surface area contributed by atoms with E-state index in [0.29, 0.717) is 12.5 Å². The van der Waals surface area contributed by atoms with Crippen LogP contribution < -0.4 is 10.6 Å². The Balaban J connectivity index is 2.29. The van der Waals surface area contributed by atoms with Gasteiger partial charge < -0.3 is 20.3 Å². The summed E-state index contributed by atoms with van der Waals surface area (Å²) in [6, 6.07) is 6.09. The molecule has 4 unspecified atom stereocenters. The zero-order chi connectivity index (χ0) is 24.8. The first-order valence-electron chi connectivity index (χ1n) is 12.1. The van der Waals surface area contributed by atoms with Crippen LogP contribution in [0.25, 0.3) is 0 Å². The molecule has 0 aromatic heterocycles. The van der Waals surface area contributed by atoms with Crippen molar-refractivity contribution in [2.75, 3.05) is 6.54 Å². The first-order chi connectivity index (χ1) is 15.4. The van der Waals surface area contributed by atoms with Gasteiger partial charge in [-0.15, -0.1) is 0 Å². The van der Waals surface area contributed by atoms with E-state index in [1.165, 1.54) is 0 Å². The van der Waals surface area contributed by atoms with E-state index in [9.17, 15) is 14.4 Å². The fraction of sp³-hybridized carbons (Fsp3) is 0.654. The van der Waals surface area contributed by atoms with Crippen LogP contribution in [0.5, 0.6) is 0 Å². The third-order valence-electron chi connectivity index (χ3n) is 5.78. The molecule has 0 saturated heterocycles. The summed E-state index contributed by atoms with van der Waals surface area (Å²) in [5.74, 6) is -0.181. The van der Waals surface area contributed by atoms with E-state index >= 15 is 0 Å². The average Bonchev–Trinajstić information content (AvgIpc) is 3.44. The summed E-state index contributed by atoms with van der Waals surface area (Å²) >= 11 is 0. The van der Waals surface area contributed by atoms with E-state index in [1.54, 1.807) is 32.6 Å². The summed E-state index contributed by atoms with van der Waals surface area (Å²) in [5, 5.41) is 5.67. The van der Waals surface area contributed by atoms with Crippen LogP contribution in [-0.2, 0) is 14.3 Å². The van der Waals surface area contributed by atoms with Gasteiger partial charge in [0.2, 0.25) is 11.8 Å². The van der Waals surface area contributed by atoms with Gasteiger partial charge in [0.05, 0.1) is 0 Å². The van der Waals surface area contributed by atoms with Gasteiger partial charge in [0.25, 0.3) is 0 Å². The number of nitrogens with zero attached hydrogens (tertiary/aromatic N) is 1. The van der Waals surface area contributed by atoms with Gasteiger partial charge >= 0.3 is 6.09 Å². The minimum Gasteiger partial charge on any atom is -0.444 e. The van der Waals surface area contributed by atoms with E-state index < -0.39 is 23.8 Å². The fourth-order valence-corrected chi connectivity index (χ4v) is 3.81. The Bertz CT molecular complexity index is 816. The number of hydrogen-bond donors (Lipinski definition) is 2. The van der Waals surface area contributed by atoms with Crippen LogP contribution in [0.2, 0.25) is 0 Å². The number of amides is 3. The van der Waals surface area contributed by atoms with Gasteiger partial charge in [0.15, 0.2) is 0 Å². The molecule has 7 nitrogen and oxygen atoms in total. The molecule has 1 aromatic rings. The third kappa shape index (κ3) is 8.06. The van der Waals surface area contributed by atoms with Gasteiger partial charge in [0.1, 0.15) is 17.7 Å². The molecule has 0 heterocycles. The SMILES string of the molecule is CCCCCNC(=O)C(c1ccc(C)cc1)N(C(=O)C(C)NC(=O)OC(C)(C)C)C1CC1C. The highest BCUT2D eigenvalue weighted by Gasteiger charge is 2.47. The molecule has 1 aliphatic rings. The Morgan fingerprint density at radius 1 is 1.15 bits per heavy atom. The Morgan fingerprint density at radius 3 is 2.27 bits per heavy atom. The summed E-state index contributed by atoms with van der Waals surface area (Å²) in [7, 11) is 0. The van der Waals surface area contributed by atoms with Crippen LogP contribution in [0.3, 0.4) is 0 Å². The highest BCUT2D eigenvalue weighted by Crippen LogP contribution is 2.40. The highest BCUT2D eigenvalue weighted by molar-refractivity contribution is 5.92. The highest BCUT2D eigenvalue weighted by atomic mass is 16.6. The van der Waals surface area contributed by atoms with Crippen LogP contribution in [0, 0.1) is 12.8 Å². The maximum absolute atomic E-state index is 13.6. The standard InChI is InChI=1S/C26H41N3O4/c1-8-9-10-15-27-23(30)22(20-13-11-17(2)12-14-20)29(21-16-18(21)3)24(31)19(4)28-25(32)33-26(5,6)7/h11-14,18-19,21-22H,8-10,15-16H2,1-7H3,(H,27,30)(H,28,32). The number of carbonyl (C=O) groups is 3. The Morgan fingerprint density at radius 2 is 1.76 bits per heavy atom. The van der Waals surface area contributed by atoms with Gasteiger partial charge in [-0.1, -0.05) is 56.5 Å². The van der Waals surface area contributed by atoms with E-state index in [1.807, 2.05) is 31.2 Å². The van der Waals surface area contributed by atoms with Gasteiger partial charge in [-0.3, -0.25) is 9.59 Å². The van der Waals surface area contributed by atoms with Crippen LogP contribution in [0.4, 0.5) is 4.79 Å². The Labute approximate surface area is 198 Å². The Kier molecular flexibility index (Phi) is 9.32. The van der Waals surface area contributed by atoms with Gasteiger partial charge in [-0.2, -0.15) is 0 Å². The lowest BCUT2D eigenvalue weighted by Gasteiger charge is -2.34. The van der Waals surface area contributed by atoms with E-state index in [-0.39, 0.29) is 17.9 Å². The molecular formula is C26H41N3O4. The van der Waals surface area contributed by atoms with Crippen molar-refractivity contribution in [3.63, 3.8) is 0 Å². The Hall–Kier alpha value is -2.57. The molecule has 184 valence electrons. The maximum Gasteiger partial charge on any atom is 0.408 e. The quantitative estimate of drug-likeness (QED) is 0.505. The number of unbranched alkanes of at least 4 members (excludes halogenated alkanes) is 2. The lowest BCUT2D eigenvalue weighted by molar-refractivity contribution is -0.143. The smallest absolute Gasteiger partial charge is 0.408 e. The third-order valence-corrected chi connectivity index (χ3v) is 5.78. The molecule has 4 atom stereocenters. The molecule has 1 aromatic carbocycles. The molecule has 2 rings (SSSR count). The summed E-state index contributed by atoms with van der Waals surface area (Å²) < 4.78 is 5.32. The normalized spacial score (nSPS) is 19.2. The van der Waals surface area contributed by atoms with Crippen LogP contribution in [0.1, 0.15) is 84.4 Å². The molecule has 1 fully saturated rings. The second-order valence-corrected chi connectivity index (χ2v) is 10.2. The first-order valence-corrected chi connectivity index (χ1v) is 12.1. The number of rotatable bonds is 10. The maximum atomic E-state index is 13.6. The van der Waals surface area contributed by atoms with Crippen molar-refractivity contribution in [3.8, 4) is 0 Å². The molecule has 2 N–H and O–H groups in total. The van der Waals surface area contributed by atoms with Gasteiger partial charge in [0, 0.05) is 12.6 Å². The number of aryl methyl sites for hydroxylation is 1. The summed E-state index contributed by atoms with van der Waals surface area (Å²) in [4.78, 5) is 41.0. The monoisotopic (exact) mass is 459 g/mol. The summed E-state index contributed by atoms with van der Waals surface area (Å²) in [5.41, 5.74) is 1.18. The molecule has 0 bridgehead atoms. The molecule has 0 spiro atoms. The minimum atomic E-state index is -0.825. The minimum absolute atomic E-state index is 0.0481. The topological polar surface area (TPSA) is 87.7 Å². The largest absolute Gasteiger partial charge is 0.444 e. The second-order valence-electron chi connectivity index (χ2n) is 10.2. The molecule has 1 aliphatic carbocycles. The van der Waals surface area contributed by atoms with Gasteiger partial charge in [-0.05, 0) is 58.9 Å². The molecule has 0 aliphatic heterocycles. The van der Waals surface area contributed by atoms with Crippen molar-refractivity contribution < 1.29 is 19.1 Å². The first kappa shape index (κ1) is 26.7. The summed E-state index contributed by atoms with van der Waals surface area (Å²) in [6.07, 6.45) is 3.18. The molecule has 0 radical (unpaired) electrons. The summed E-state index contributed by atoms with van der Waals surface area (Å²) in [6.45, 7) is 13.7. The van der Waals surface area contributed by atoms with Crippen molar-refractivity contribution in [3.05, 3.63) is 35.4 Å². The zero-order valence-corrected chi connectivity index (χ0v) is 21.2. The van der Waals surface area contributed by atoms with Crippen LogP contribution >= 0.6 is 0 Å². The van der Waals surface area contributed by atoms with E-state index in [2.05, 4.69) is 24.5 Å². The van der Waals surface area contributed by atoms with Crippen molar-refractivity contribution >= 4 is 17.9 Å². The van der Waals surface area contributed by atoms with Crippen molar-refractivity contribution in [2.45, 2.75) is 97.9 Å². The molecule has 3 amide bonds. The number of nitrogens with one attached hydrogen (secondary N) is 2. The predicted molar refractivity (Wildman–Crippen MR) is 130 cm³/mol. The second kappa shape index (κ2) is 11.5. The van der Waals surface area contributed by atoms with Crippen LogP contribution in [-0.4, -0.2) is 47.0 Å². The zero-order valence-electron chi connectivity index (χ0n) is 21.2. The molecule has 7 heteroatoms. The number of hydrogen-bond acceptors (Lipinski definition) is 4. The molecule has 1 saturated carbocycles. The van der Waals surface area contributed by atoms with Gasteiger partial charge in [-0.25, -0.2) is 4.79 Å².